The Hall–Kier alpha value is -0.920. The monoisotopic (exact) mass is 303 g/mol. The smallest absolute Gasteiger partial charge is 0.345 e. The molecule has 1 aliphatic rings. The van der Waals surface area contributed by atoms with Crippen LogP contribution in [0, 0.1) is 5.92 Å². The first-order valence-corrected chi connectivity index (χ1v) is 8.54. The van der Waals surface area contributed by atoms with Crippen molar-refractivity contribution in [2.75, 3.05) is 13.1 Å². The minimum atomic E-state index is -3.55. The molecule has 1 fully saturated rings. The summed E-state index contributed by atoms with van der Waals surface area (Å²) in [6, 6.07) is 2.73. The van der Waals surface area contributed by atoms with Gasteiger partial charge in [0.15, 0.2) is 0 Å². The maximum Gasteiger partial charge on any atom is 0.345 e. The number of carboxylic acids is 1. The molecule has 1 aromatic heterocycles. The Labute approximate surface area is 116 Å². The molecule has 0 atom stereocenters. The van der Waals surface area contributed by atoms with Gasteiger partial charge in [0.05, 0.1) is 0 Å². The van der Waals surface area contributed by atoms with E-state index in [0.717, 1.165) is 24.2 Å². The number of carbonyl (C=O) groups is 1. The molecular formula is C12H17NO4S2. The van der Waals surface area contributed by atoms with Gasteiger partial charge < -0.3 is 5.11 Å². The van der Waals surface area contributed by atoms with Gasteiger partial charge in [-0.1, -0.05) is 13.3 Å². The lowest BCUT2D eigenvalue weighted by molar-refractivity contribution is 0.0702. The fraction of sp³-hybridized carbons (Fsp3) is 0.583. The van der Waals surface area contributed by atoms with Crippen molar-refractivity contribution in [3.8, 4) is 0 Å². The summed E-state index contributed by atoms with van der Waals surface area (Å²) in [5, 5.41) is 8.85. The van der Waals surface area contributed by atoms with E-state index in [4.69, 9.17) is 5.11 Å². The van der Waals surface area contributed by atoms with Crippen LogP contribution in [0.15, 0.2) is 16.3 Å². The molecule has 0 aromatic carbocycles. The van der Waals surface area contributed by atoms with Gasteiger partial charge in [0, 0.05) is 13.1 Å². The van der Waals surface area contributed by atoms with Crippen LogP contribution in [0.4, 0.5) is 0 Å². The Bertz CT molecular complexity index is 560. The maximum atomic E-state index is 12.4. The minimum absolute atomic E-state index is 0.0540. The van der Waals surface area contributed by atoms with Crippen molar-refractivity contribution in [1.82, 2.24) is 4.31 Å². The third kappa shape index (κ3) is 2.98. The van der Waals surface area contributed by atoms with E-state index < -0.39 is 16.0 Å². The molecule has 0 aliphatic heterocycles. The number of hydrogen-bond acceptors (Lipinski definition) is 4. The topological polar surface area (TPSA) is 74.7 Å². The van der Waals surface area contributed by atoms with Crippen LogP contribution >= 0.6 is 11.3 Å². The van der Waals surface area contributed by atoms with Crippen molar-refractivity contribution in [2.24, 2.45) is 5.92 Å². The van der Waals surface area contributed by atoms with Gasteiger partial charge in [0.25, 0.3) is 10.0 Å². The third-order valence-corrected chi connectivity index (χ3v) is 6.91. The van der Waals surface area contributed by atoms with Crippen LogP contribution in [0.1, 0.15) is 35.9 Å². The molecule has 0 unspecified atom stereocenters. The average molecular weight is 303 g/mol. The van der Waals surface area contributed by atoms with E-state index in [-0.39, 0.29) is 9.09 Å². The van der Waals surface area contributed by atoms with Crippen LogP contribution in [0.5, 0.6) is 0 Å². The van der Waals surface area contributed by atoms with Gasteiger partial charge in [0.1, 0.15) is 9.09 Å². The first-order chi connectivity index (χ1) is 8.95. The molecule has 19 heavy (non-hydrogen) atoms. The zero-order valence-corrected chi connectivity index (χ0v) is 12.3. The molecule has 1 heterocycles. The van der Waals surface area contributed by atoms with Crippen molar-refractivity contribution < 1.29 is 18.3 Å². The summed E-state index contributed by atoms with van der Waals surface area (Å²) in [5.74, 6) is -0.637. The number of hydrogen-bond donors (Lipinski definition) is 1. The zero-order valence-electron chi connectivity index (χ0n) is 10.7. The Morgan fingerprint density at radius 1 is 1.47 bits per heavy atom. The first-order valence-electron chi connectivity index (χ1n) is 6.28. The molecule has 1 N–H and O–H groups in total. The van der Waals surface area contributed by atoms with E-state index in [1.165, 1.54) is 22.9 Å². The Kier molecular flexibility index (Phi) is 4.27. The molecule has 5 nitrogen and oxygen atoms in total. The lowest BCUT2D eigenvalue weighted by atomic mass is 9.85. The predicted molar refractivity (Wildman–Crippen MR) is 73.1 cm³/mol. The van der Waals surface area contributed by atoms with Crippen LogP contribution in [-0.4, -0.2) is 36.9 Å². The SMILES string of the molecule is CCN(CC1CCC1)S(=O)(=O)c1ccc(C(=O)O)s1. The van der Waals surface area contributed by atoms with E-state index in [1.54, 1.807) is 0 Å². The Morgan fingerprint density at radius 2 is 2.16 bits per heavy atom. The molecule has 1 saturated carbocycles. The van der Waals surface area contributed by atoms with Gasteiger partial charge in [0.2, 0.25) is 0 Å². The number of carboxylic acid groups (broad SMARTS) is 1. The summed E-state index contributed by atoms with van der Waals surface area (Å²) in [6.07, 6.45) is 3.33. The Balaban J connectivity index is 2.20. The van der Waals surface area contributed by atoms with Crippen LogP contribution in [0.2, 0.25) is 0 Å². The van der Waals surface area contributed by atoms with Crippen molar-refractivity contribution in [3.63, 3.8) is 0 Å². The second kappa shape index (κ2) is 5.60. The molecule has 1 aliphatic carbocycles. The van der Waals surface area contributed by atoms with E-state index >= 15 is 0 Å². The number of thiophene rings is 1. The van der Waals surface area contributed by atoms with Gasteiger partial charge >= 0.3 is 5.97 Å². The molecule has 0 bridgehead atoms. The highest BCUT2D eigenvalue weighted by Crippen LogP contribution is 2.30. The van der Waals surface area contributed by atoms with Gasteiger partial charge in [-0.2, -0.15) is 4.31 Å². The largest absolute Gasteiger partial charge is 0.477 e. The summed E-state index contributed by atoms with van der Waals surface area (Å²) in [6.45, 7) is 2.76. The van der Waals surface area contributed by atoms with Gasteiger partial charge in [-0.3, -0.25) is 0 Å². The van der Waals surface area contributed by atoms with Crippen molar-refractivity contribution in [3.05, 3.63) is 17.0 Å². The fourth-order valence-corrected chi connectivity index (χ4v) is 4.89. The molecule has 106 valence electrons. The molecule has 2 rings (SSSR count). The molecule has 1 aromatic rings. The van der Waals surface area contributed by atoms with E-state index in [2.05, 4.69) is 0 Å². The quantitative estimate of drug-likeness (QED) is 0.874. The molecule has 7 heteroatoms. The second-order valence-electron chi connectivity index (χ2n) is 4.68. The third-order valence-electron chi connectivity index (χ3n) is 3.43. The summed E-state index contributed by atoms with van der Waals surface area (Å²) in [7, 11) is -3.55. The summed E-state index contributed by atoms with van der Waals surface area (Å²) in [5.41, 5.74) is 0. The Morgan fingerprint density at radius 3 is 2.58 bits per heavy atom. The lowest BCUT2D eigenvalue weighted by Crippen LogP contribution is -2.36. The number of nitrogens with zero attached hydrogens (tertiary/aromatic N) is 1. The van der Waals surface area contributed by atoms with Crippen LogP contribution in [0.25, 0.3) is 0 Å². The highest BCUT2D eigenvalue weighted by atomic mass is 32.2. The van der Waals surface area contributed by atoms with Crippen molar-refractivity contribution in [1.29, 1.82) is 0 Å². The number of aromatic carboxylic acids is 1. The standard InChI is InChI=1S/C12H17NO4S2/c1-2-13(8-9-4-3-5-9)19(16,17)11-7-6-10(18-11)12(14)15/h6-7,9H,2-5,8H2,1H3,(H,14,15). The lowest BCUT2D eigenvalue weighted by Gasteiger charge is -2.30. The highest BCUT2D eigenvalue weighted by molar-refractivity contribution is 7.91. The maximum absolute atomic E-state index is 12.4. The van der Waals surface area contributed by atoms with Gasteiger partial charge in [-0.05, 0) is 30.9 Å². The van der Waals surface area contributed by atoms with Gasteiger partial charge in [-0.25, -0.2) is 13.2 Å². The molecule has 0 saturated heterocycles. The first kappa shape index (κ1) is 14.5. The number of rotatable bonds is 6. The molecule has 0 amide bonds. The van der Waals surface area contributed by atoms with Crippen LogP contribution in [-0.2, 0) is 10.0 Å². The normalized spacial score (nSPS) is 16.5. The van der Waals surface area contributed by atoms with Crippen LogP contribution < -0.4 is 0 Å². The average Bonchev–Trinajstić information content (AvgIpc) is 2.77. The minimum Gasteiger partial charge on any atom is -0.477 e. The predicted octanol–water partition coefficient (Wildman–Crippen LogP) is 2.26. The van der Waals surface area contributed by atoms with Crippen LogP contribution in [0.3, 0.4) is 0 Å². The fourth-order valence-electron chi connectivity index (χ4n) is 2.06. The van der Waals surface area contributed by atoms with E-state index in [1.807, 2.05) is 6.92 Å². The van der Waals surface area contributed by atoms with Crippen molar-refractivity contribution in [2.45, 2.75) is 30.4 Å². The zero-order chi connectivity index (χ0) is 14.0. The second-order valence-corrected chi connectivity index (χ2v) is 7.92. The van der Waals surface area contributed by atoms with Gasteiger partial charge in [-0.15, -0.1) is 11.3 Å². The molecule has 0 spiro atoms. The molecular weight excluding hydrogens is 286 g/mol. The highest BCUT2D eigenvalue weighted by Gasteiger charge is 2.29. The number of sulfonamides is 1. The summed E-state index contributed by atoms with van der Waals surface area (Å²) in [4.78, 5) is 10.9. The van der Waals surface area contributed by atoms with E-state index in [9.17, 15) is 13.2 Å². The van der Waals surface area contributed by atoms with E-state index in [0.29, 0.717) is 19.0 Å². The summed E-state index contributed by atoms with van der Waals surface area (Å²) < 4.78 is 26.4. The molecule has 0 radical (unpaired) electrons. The van der Waals surface area contributed by atoms with Crippen molar-refractivity contribution >= 4 is 27.3 Å². The summed E-state index contributed by atoms with van der Waals surface area (Å²) >= 11 is 0.815.